The van der Waals surface area contributed by atoms with E-state index in [-0.39, 0.29) is 28.9 Å². The quantitative estimate of drug-likeness (QED) is 0.801. The van der Waals surface area contributed by atoms with Crippen LogP contribution in [0.3, 0.4) is 0 Å². The SMILES string of the molecule is O=C(c1cn[nH]c(=O)c1)N1C[C@@H]2C[C@H](C1)c1ccc(CN3CC[C@@H](F)C3)c(=O)n1C2. The van der Waals surface area contributed by atoms with Crippen molar-refractivity contribution in [1.82, 2.24) is 24.6 Å². The summed E-state index contributed by atoms with van der Waals surface area (Å²) < 4.78 is 15.3. The van der Waals surface area contributed by atoms with Gasteiger partial charge in [0.2, 0.25) is 0 Å². The molecule has 0 spiro atoms. The molecule has 0 aromatic carbocycles. The highest BCUT2D eigenvalue weighted by molar-refractivity contribution is 5.93. The molecule has 1 amide bonds. The Balaban J connectivity index is 1.37. The van der Waals surface area contributed by atoms with Crippen molar-refractivity contribution >= 4 is 5.91 Å². The van der Waals surface area contributed by atoms with Gasteiger partial charge in [-0.3, -0.25) is 19.3 Å². The molecule has 2 aromatic heterocycles. The van der Waals surface area contributed by atoms with Gasteiger partial charge in [-0.05, 0) is 24.8 Å². The summed E-state index contributed by atoms with van der Waals surface area (Å²) in [7, 11) is 0. The first-order valence-electron chi connectivity index (χ1n) is 10.4. The van der Waals surface area contributed by atoms with Gasteiger partial charge in [0.05, 0.1) is 11.8 Å². The maximum Gasteiger partial charge on any atom is 0.264 e. The van der Waals surface area contributed by atoms with Crippen molar-refractivity contribution in [2.75, 3.05) is 26.2 Å². The lowest BCUT2D eigenvalue weighted by atomic mass is 9.82. The van der Waals surface area contributed by atoms with Crippen molar-refractivity contribution in [2.24, 2.45) is 5.92 Å². The Bertz CT molecular complexity index is 1100. The van der Waals surface area contributed by atoms with Crippen LogP contribution in [-0.4, -0.2) is 62.8 Å². The molecule has 30 heavy (non-hydrogen) atoms. The third-order valence-corrected chi connectivity index (χ3v) is 6.49. The van der Waals surface area contributed by atoms with Gasteiger partial charge >= 0.3 is 0 Å². The van der Waals surface area contributed by atoms with E-state index >= 15 is 0 Å². The molecule has 8 nitrogen and oxygen atoms in total. The van der Waals surface area contributed by atoms with Crippen molar-refractivity contribution in [3.05, 3.63) is 61.9 Å². The molecule has 5 heterocycles. The first kappa shape index (κ1) is 19.2. The molecule has 5 rings (SSSR count). The molecule has 2 fully saturated rings. The third kappa shape index (κ3) is 3.47. The van der Waals surface area contributed by atoms with Gasteiger partial charge in [-0.2, -0.15) is 5.10 Å². The predicted molar refractivity (Wildman–Crippen MR) is 107 cm³/mol. The van der Waals surface area contributed by atoms with E-state index in [0.717, 1.165) is 12.1 Å². The second kappa shape index (κ2) is 7.46. The fourth-order valence-corrected chi connectivity index (χ4v) is 5.12. The molecular formula is C21H24FN5O3. The number of hydrogen-bond acceptors (Lipinski definition) is 5. The number of rotatable bonds is 3. The summed E-state index contributed by atoms with van der Waals surface area (Å²) in [4.78, 5) is 41.2. The molecule has 2 aromatic rings. The van der Waals surface area contributed by atoms with Gasteiger partial charge in [0.1, 0.15) is 6.17 Å². The Morgan fingerprint density at radius 2 is 2.07 bits per heavy atom. The van der Waals surface area contributed by atoms with Crippen LogP contribution >= 0.6 is 0 Å². The van der Waals surface area contributed by atoms with Gasteiger partial charge in [0.25, 0.3) is 17.0 Å². The monoisotopic (exact) mass is 413 g/mol. The van der Waals surface area contributed by atoms with E-state index in [9.17, 15) is 18.8 Å². The number of fused-ring (bicyclic) bond motifs is 4. The number of halogens is 1. The maximum atomic E-state index is 13.5. The van der Waals surface area contributed by atoms with Crippen LogP contribution in [-0.2, 0) is 13.1 Å². The van der Waals surface area contributed by atoms with Gasteiger partial charge in [-0.15, -0.1) is 0 Å². The van der Waals surface area contributed by atoms with Crippen molar-refractivity contribution in [2.45, 2.75) is 38.0 Å². The van der Waals surface area contributed by atoms with Gasteiger partial charge in [0, 0.05) is 62.5 Å². The normalized spacial score (nSPS) is 25.9. The number of pyridine rings is 1. The Morgan fingerprint density at radius 3 is 2.83 bits per heavy atom. The Labute approximate surface area is 172 Å². The van der Waals surface area contributed by atoms with Crippen LogP contribution in [0.5, 0.6) is 0 Å². The molecular weight excluding hydrogens is 389 g/mol. The molecule has 2 bridgehead atoms. The molecule has 9 heteroatoms. The summed E-state index contributed by atoms with van der Waals surface area (Å²) in [5.74, 6) is 0.0656. The minimum absolute atomic E-state index is 0.00285. The van der Waals surface area contributed by atoms with Crippen LogP contribution in [0.1, 0.15) is 40.4 Å². The van der Waals surface area contributed by atoms with Crippen molar-refractivity contribution in [3.8, 4) is 0 Å². The number of carbonyl (C=O) groups is 1. The third-order valence-electron chi connectivity index (χ3n) is 6.49. The second-order valence-electron chi connectivity index (χ2n) is 8.66. The molecule has 0 unspecified atom stereocenters. The number of H-pyrrole nitrogens is 1. The van der Waals surface area contributed by atoms with E-state index in [4.69, 9.17) is 0 Å². The maximum absolute atomic E-state index is 13.5. The van der Waals surface area contributed by atoms with Crippen molar-refractivity contribution in [3.63, 3.8) is 0 Å². The van der Waals surface area contributed by atoms with Crippen LogP contribution in [0.4, 0.5) is 4.39 Å². The molecule has 158 valence electrons. The summed E-state index contributed by atoms with van der Waals surface area (Å²) in [5.41, 5.74) is 1.53. The number of aromatic nitrogens is 3. The van der Waals surface area contributed by atoms with E-state index in [0.29, 0.717) is 51.3 Å². The molecule has 3 aliphatic rings. The highest BCUT2D eigenvalue weighted by Gasteiger charge is 2.37. The molecule has 0 radical (unpaired) electrons. The van der Waals surface area contributed by atoms with Crippen LogP contribution in [0.2, 0.25) is 0 Å². The number of alkyl halides is 1. The summed E-state index contributed by atoms with van der Waals surface area (Å²) in [6, 6.07) is 5.12. The number of carbonyl (C=O) groups excluding carboxylic acids is 1. The molecule has 0 saturated carbocycles. The minimum Gasteiger partial charge on any atom is -0.338 e. The zero-order chi connectivity index (χ0) is 20.8. The summed E-state index contributed by atoms with van der Waals surface area (Å²) in [5, 5.41) is 6.00. The van der Waals surface area contributed by atoms with Gasteiger partial charge < -0.3 is 9.47 Å². The van der Waals surface area contributed by atoms with Crippen LogP contribution in [0, 0.1) is 5.92 Å². The Morgan fingerprint density at radius 1 is 1.20 bits per heavy atom. The number of nitrogens with one attached hydrogen (secondary N) is 1. The lowest BCUT2D eigenvalue weighted by molar-refractivity contribution is 0.0593. The van der Waals surface area contributed by atoms with E-state index < -0.39 is 11.7 Å². The average Bonchev–Trinajstić information content (AvgIpc) is 3.14. The highest BCUT2D eigenvalue weighted by atomic mass is 19.1. The lowest BCUT2D eigenvalue weighted by Crippen LogP contribution is -2.49. The van der Waals surface area contributed by atoms with Crippen molar-refractivity contribution < 1.29 is 9.18 Å². The van der Waals surface area contributed by atoms with Gasteiger partial charge in [-0.25, -0.2) is 9.49 Å². The largest absolute Gasteiger partial charge is 0.338 e. The number of hydrogen-bond donors (Lipinski definition) is 1. The van der Waals surface area contributed by atoms with Gasteiger partial charge in [0.15, 0.2) is 0 Å². The van der Waals surface area contributed by atoms with Crippen LogP contribution < -0.4 is 11.1 Å². The zero-order valence-corrected chi connectivity index (χ0v) is 16.6. The van der Waals surface area contributed by atoms with Crippen molar-refractivity contribution in [1.29, 1.82) is 0 Å². The first-order valence-corrected chi connectivity index (χ1v) is 10.4. The fourth-order valence-electron chi connectivity index (χ4n) is 5.12. The number of aromatic amines is 1. The summed E-state index contributed by atoms with van der Waals surface area (Å²) in [6.07, 6.45) is 2.04. The zero-order valence-electron chi connectivity index (χ0n) is 16.6. The lowest BCUT2D eigenvalue weighted by Gasteiger charge is -2.43. The van der Waals surface area contributed by atoms with Gasteiger partial charge in [-0.1, -0.05) is 6.07 Å². The average molecular weight is 413 g/mol. The van der Waals surface area contributed by atoms with E-state index in [1.165, 1.54) is 12.3 Å². The molecule has 1 N–H and O–H groups in total. The Kier molecular flexibility index (Phi) is 4.77. The minimum atomic E-state index is -0.802. The van der Waals surface area contributed by atoms with Crippen LogP contribution in [0.25, 0.3) is 0 Å². The van der Waals surface area contributed by atoms with E-state index in [1.807, 2.05) is 21.6 Å². The van der Waals surface area contributed by atoms with E-state index in [1.54, 1.807) is 4.90 Å². The number of amides is 1. The number of likely N-dealkylation sites (tertiary alicyclic amines) is 2. The first-order chi connectivity index (χ1) is 14.5. The number of piperidine rings is 1. The molecule has 3 atom stereocenters. The van der Waals surface area contributed by atoms with E-state index in [2.05, 4.69) is 10.2 Å². The fraction of sp³-hybridized carbons (Fsp3) is 0.524. The summed E-state index contributed by atoms with van der Waals surface area (Å²) in [6.45, 7) is 3.18. The smallest absolute Gasteiger partial charge is 0.264 e. The molecule has 0 aliphatic carbocycles. The Hall–Kier alpha value is -2.81. The van der Waals surface area contributed by atoms with Crippen LogP contribution in [0.15, 0.2) is 34.0 Å². The number of nitrogens with zero attached hydrogens (tertiary/aromatic N) is 4. The standard InChI is InChI=1S/C21H24FN5O3/c22-17-3-4-25(12-17)10-14-1-2-18-16-5-13(9-27(18)21(14)30)8-26(11-16)20(29)15-6-19(28)24-23-7-15/h1-2,6-7,13,16-17H,3-5,8-12H2,(H,24,28)/t13-,16+,17+/m0/s1. The highest BCUT2D eigenvalue weighted by Crippen LogP contribution is 2.35. The predicted octanol–water partition coefficient (Wildman–Crippen LogP) is 0.735. The molecule has 2 saturated heterocycles. The summed E-state index contributed by atoms with van der Waals surface area (Å²) >= 11 is 0. The molecule has 3 aliphatic heterocycles. The topological polar surface area (TPSA) is 91.3 Å². The second-order valence-corrected chi connectivity index (χ2v) is 8.66.